The van der Waals surface area contributed by atoms with E-state index in [4.69, 9.17) is 5.11 Å². The molecule has 0 spiro atoms. The third kappa shape index (κ3) is 3.53. The maximum absolute atomic E-state index is 13.2. The highest BCUT2D eigenvalue weighted by Gasteiger charge is 2.21. The van der Waals surface area contributed by atoms with Gasteiger partial charge >= 0.3 is 5.97 Å². The first-order chi connectivity index (χ1) is 8.47. The monoisotopic (exact) mass is 317 g/mol. The van der Waals surface area contributed by atoms with E-state index >= 15 is 0 Å². The molecule has 0 unspecified atom stereocenters. The number of hydrogen-bond donors (Lipinski definition) is 2. The van der Waals surface area contributed by atoms with Crippen molar-refractivity contribution in [1.82, 2.24) is 5.32 Å². The van der Waals surface area contributed by atoms with Crippen LogP contribution in [0.15, 0.2) is 22.7 Å². The Morgan fingerprint density at radius 2 is 2.17 bits per heavy atom. The second-order valence-electron chi connectivity index (χ2n) is 3.75. The second-order valence-corrected chi connectivity index (χ2v) is 4.55. The van der Waals surface area contributed by atoms with Crippen LogP contribution in [0.2, 0.25) is 0 Å². The lowest BCUT2D eigenvalue weighted by Crippen LogP contribution is -2.40. The van der Waals surface area contributed by atoms with E-state index in [1.807, 2.05) is 6.92 Å². The first-order valence-corrected chi connectivity index (χ1v) is 6.24. The minimum absolute atomic E-state index is 0.0307. The van der Waals surface area contributed by atoms with Crippen LogP contribution in [-0.2, 0) is 4.79 Å². The summed E-state index contributed by atoms with van der Waals surface area (Å²) in [5.41, 5.74) is 0.0809. The average Bonchev–Trinajstić information content (AvgIpc) is 2.31. The fourth-order valence-electron chi connectivity index (χ4n) is 1.46. The minimum atomic E-state index is -1.10. The summed E-state index contributed by atoms with van der Waals surface area (Å²) in [5.74, 6) is -2.27. The van der Waals surface area contributed by atoms with Crippen molar-refractivity contribution in [3.8, 4) is 0 Å². The highest BCUT2D eigenvalue weighted by molar-refractivity contribution is 9.10. The Morgan fingerprint density at radius 3 is 2.72 bits per heavy atom. The third-order valence-corrected chi connectivity index (χ3v) is 3.18. The van der Waals surface area contributed by atoms with Crippen LogP contribution in [-0.4, -0.2) is 23.0 Å². The lowest BCUT2D eigenvalue weighted by molar-refractivity contribution is -0.139. The normalized spacial score (nSPS) is 11.9. The highest BCUT2D eigenvalue weighted by atomic mass is 79.9. The molecule has 98 valence electrons. The summed E-state index contributed by atoms with van der Waals surface area (Å²) in [6.07, 6.45) is 0.954. The van der Waals surface area contributed by atoms with Gasteiger partial charge in [0.1, 0.15) is 11.9 Å². The number of carbonyl (C=O) groups excluding carboxylic acids is 1. The van der Waals surface area contributed by atoms with Crippen LogP contribution in [0.1, 0.15) is 30.1 Å². The zero-order chi connectivity index (χ0) is 13.7. The molecule has 0 heterocycles. The molecule has 2 N–H and O–H groups in total. The molecule has 0 saturated heterocycles. The number of rotatable bonds is 5. The zero-order valence-corrected chi connectivity index (χ0v) is 11.3. The molecule has 0 radical (unpaired) electrons. The van der Waals surface area contributed by atoms with E-state index in [1.165, 1.54) is 18.2 Å². The van der Waals surface area contributed by atoms with Crippen molar-refractivity contribution in [2.45, 2.75) is 25.8 Å². The standard InChI is InChI=1S/C12H13BrFNO3/c1-2-4-9(12(17)18)15-11(16)7-5-3-6-8(14)10(7)13/h3,5-6,9H,2,4H2,1H3,(H,15,16)(H,17,18)/t9-/m0/s1. The lowest BCUT2D eigenvalue weighted by atomic mass is 10.1. The number of carbonyl (C=O) groups is 2. The van der Waals surface area contributed by atoms with Crippen LogP contribution in [0.5, 0.6) is 0 Å². The van der Waals surface area contributed by atoms with Crippen LogP contribution in [0.4, 0.5) is 4.39 Å². The van der Waals surface area contributed by atoms with Crippen molar-refractivity contribution in [3.05, 3.63) is 34.1 Å². The summed E-state index contributed by atoms with van der Waals surface area (Å²) in [6.45, 7) is 1.82. The molecule has 1 rings (SSSR count). The molecule has 0 fully saturated rings. The largest absolute Gasteiger partial charge is 0.480 e. The van der Waals surface area contributed by atoms with E-state index in [0.717, 1.165) is 0 Å². The number of benzene rings is 1. The van der Waals surface area contributed by atoms with E-state index < -0.39 is 23.7 Å². The zero-order valence-electron chi connectivity index (χ0n) is 9.74. The summed E-state index contributed by atoms with van der Waals surface area (Å²) >= 11 is 2.96. The fraction of sp³-hybridized carbons (Fsp3) is 0.333. The fourth-order valence-corrected chi connectivity index (χ4v) is 1.91. The molecule has 1 aromatic rings. The molecule has 0 saturated carbocycles. The molecule has 1 aromatic carbocycles. The Hall–Kier alpha value is -1.43. The van der Waals surface area contributed by atoms with Crippen molar-refractivity contribution in [2.24, 2.45) is 0 Å². The van der Waals surface area contributed by atoms with Crippen LogP contribution in [0.3, 0.4) is 0 Å². The Kier molecular flexibility index (Phi) is 5.27. The minimum Gasteiger partial charge on any atom is -0.480 e. The number of aliphatic carboxylic acids is 1. The molecule has 6 heteroatoms. The maximum atomic E-state index is 13.2. The van der Waals surface area contributed by atoms with E-state index in [0.29, 0.717) is 12.8 Å². The molecule has 0 aliphatic carbocycles. The Balaban J connectivity index is 2.87. The summed E-state index contributed by atoms with van der Waals surface area (Å²) in [4.78, 5) is 22.7. The molecule has 0 aliphatic heterocycles. The van der Waals surface area contributed by atoms with Gasteiger partial charge in [0.05, 0.1) is 10.0 Å². The second kappa shape index (κ2) is 6.49. The van der Waals surface area contributed by atoms with Gasteiger partial charge in [-0.25, -0.2) is 9.18 Å². The lowest BCUT2D eigenvalue weighted by Gasteiger charge is -2.14. The van der Waals surface area contributed by atoms with Gasteiger partial charge in [-0.05, 0) is 34.5 Å². The Morgan fingerprint density at radius 1 is 1.50 bits per heavy atom. The maximum Gasteiger partial charge on any atom is 0.326 e. The molecule has 18 heavy (non-hydrogen) atoms. The Bertz CT molecular complexity index is 465. The van der Waals surface area contributed by atoms with Crippen molar-refractivity contribution < 1.29 is 19.1 Å². The van der Waals surface area contributed by atoms with Gasteiger partial charge < -0.3 is 10.4 Å². The number of carboxylic acids is 1. The summed E-state index contributed by atoms with van der Waals surface area (Å²) in [6, 6.07) is 3.07. The number of carboxylic acid groups (broad SMARTS) is 1. The molecule has 0 bridgehead atoms. The highest BCUT2D eigenvalue weighted by Crippen LogP contribution is 2.20. The molecular weight excluding hydrogens is 305 g/mol. The van der Waals surface area contributed by atoms with Gasteiger partial charge in [-0.1, -0.05) is 19.4 Å². The number of amides is 1. The van der Waals surface area contributed by atoms with Gasteiger partial charge in [0.15, 0.2) is 0 Å². The average molecular weight is 318 g/mol. The summed E-state index contributed by atoms with van der Waals surface area (Å²) in [7, 11) is 0. The molecular formula is C12H13BrFNO3. The van der Waals surface area contributed by atoms with E-state index in [1.54, 1.807) is 0 Å². The van der Waals surface area contributed by atoms with Crippen molar-refractivity contribution in [3.63, 3.8) is 0 Å². The summed E-state index contributed by atoms with van der Waals surface area (Å²) < 4.78 is 13.3. The number of nitrogens with one attached hydrogen (secondary N) is 1. The van der Waals surface area contributed by atoms with E-state index in [2.05, 4.69) is 21.2 Å². The van der Waals surface area contributed by atoms with Crippen LogP contribution >= 0.6 is 15.9 Å². The number of hydrogen-bond acceptors (Lipinski definition) is 2. The van der Waals surface area contributed by atoms with Crippen LogP contribution < -0.4 is 5.32 Å². The third-order valence-electron chi connectivity index (χ3n) is 2.38. The predicted octanol–water partition coefficient (Wildman–Crippen LogP) is 2.57. The predicted molar refractivity (Wildman–Crippen MR) is 67.9 cm³/mol. The van der Waals surface area contributed by atoms with Gasteiger partial charge in [0.2, 0.25) is 0 Å². The van der Waals surface area contributed by atoms with Gasteiger partial charge in [-0.15, -0.1) is 0 Å². The Labute approximate surface area is 112 Å². The van der Waals surface area contributed by atoms with Gasteiger partial charge in [-0.2, -0.15) is 0 Å². The molecule has 4 nitrogen and oxygen atoms in total. The van der Waals surface area contributed by atoms with Crippen molar-refractivity contribution >= 4 is 27.8 Å². The molecule has 1 amide bonds. The van der Waals surface area contributed by atoms with E-state index in [9.17, 15) is 14.0 Å². The topological polar surface area (TPSA) is 66.4 Å². The molecule has 0 aliphatic rings. The number of halogens is 2. The smallest absolute Gasteiger partial charge is 0.326 e. The SMILES string of the molecule is CCC[C@H](NC(=O)c1cccc(F)c1Br)C(=O)O. The van der Waals surface area contributed by atoms with Crippen molar-refractivity contribution in [2.75, 3.05) is 0 Å². The van der Waals surface area contributed by atoms with Gasteiger partial charge in [-0.3, -0.25) is 4.79 Å². The first-order valence-electron chi connectivity index (χ1n) is 5.45. The van der Waals surface area contributed by atoms with Gasteiger partial charge in [0.25, 0.3) is 5.91 Å². The van der Waals surface area contributed by atoms with Crippen LogP contribution in [0.25, 0.3) is 0 Å². The quantitative estimate of drug-likeness (QED) is 0.877. The van der Waals surface area contributed by atoms with Crippen LogP contribution in [0, 0.1) is 5.82 Å². The summed E-state index contributed by atoms with van der Waals surface area (Å²) in [5, 5.41) is 11.3. The van der Waals surface area contributed by atoms with E-state index in [-0.39, 0.29) is 10.0 Å². The first kappa shape index (κ1) is 14.6. The molecule has 0 aromatic heterocycles. The molecule has 1 atom stereocenters. The van der Waals surface area contributed by atoms with Gasteiger partial charge in [0, 0.05) is 0 Å². The van der Waals surface area contributed by atoms with Crippen molar-refractivity contribution in [1.29, 1.82) is 0 Å².